The number of carbonyl (C=O) groups is 1. The molecule has 68 valence electrons. The molecule has 0 unspecified atom stereocenters. The van der Waals surface area contributed by atoms with Gasteiger partial charge in [-0.3, -0.25) is 4.79 Å². The van der Waals surface area contributed by atoms with Crippen molar-refractivity contribution in [3.05, 3.63) is 0 Å². The van der Waals surface area contributed by atoms with Crippen molar-refractivity contribution in [3.63, 3.8) is 0 Å². The molecule has 0 aromatic heterocycles. The van der Waals surface area contributed by atoms with Crippen LogP contribution in [0, 0.1) is 17.8 Å². The maximum atomic E-state index is 11.1. The number of fused-ring (bicyclic) bond motifs is 1. The first-order valence-electron chi connectivity index (χ1n) is 5.08. The third kappa shape index (κ3) is 1.23. The molecule has 2 aliphatic carbocycles. The van der Waals surface area contributed by atoms with E-state index < -0.39 is 0 Å². The predicted molar refractivity (Wildman–Crippen MR) is 47.4 cm³/mol. The fourth-order valence-electron chi connectivity index (χ4n) is 2.82. The highest BCUT2D eigenvalue weighted by molar-refractivity contribution is 5.77. The Balaban J connectivity index is 2.05. The summed E-state index contributed by atoms with van der Waals surface area (Å²) in [6.45, 7) is 0. The predicted octanol–water partition coefficient (Wildman–Crippen LogP) is 1.69. The van der Waals surface area contributed by atoms with Crippen molar-refractivity contribution in [2.45, 2.75) is 38.5 Å². The second-order valence-electron chi connectivity index (χ2n) is 4.29. The maximum absolute atomic E-state index is 11.1. The maximum Gasteiger partial charge on any atom is 0.220 e. The van der Waals surface area contributed by atoms with Crippen LogP contribution in [-0.2, 0) is 4.79 Å². The summed E-state index contributed by atoms with van der Waals surface area (Å²) in [6.07, 6.45) is 7.50. The molecule has 0 bridgehead atoms. The average molecular weight is 167 g/mol. The first kappa shape index (κ1) is 8.09. The highest BCUT2D eigenvalue weighted by Crippen LogP contribution is 2.46. The molecule has 0 heterocycles. The fourth-order valence-corrected chi connectivity index (χ4v) is 2.82. The number of carbonyl (C=O) groups excluding carboxylic acids is 1. The van der Waals surface area contributed by atoms with E-state index in [1.807, 2.05) is 0 Å². The van der Waals surface area contributed by atoms with Gasteiger partial charge in [-0.1, -0.05) is 19.3 Å². The molecular weight excluding hydrogens is 150 g/mol. The van der Waals surface area contributed by atoms with Crippen molar-refractivity contribution in [2.24, 2.45) is 23.5 Å². The van der Waals surface area contributed by atoms with Crippen molar-refractivity contribution in [2.75, 3.05) is 0 Å². The zero-order valence-electron chi connectivity index (χ0n) is 7.46. The summed E-state index contributed by atoms with van der Waals surface area (Å²) < 4.78 is 0. The van der Waals surface area contributed by atoms with Gasteiger partial charge >= 0.3 is 0 Å². The van der Waals surface area contributed by atoms with Gasteiger partial charge in [0, 0.05) is 5.92 Å². The molecule has 0 aromatic carbocycles. The highest BCUT2D eigenvalue weighted by Gasteiger charge is 2.40. The number of primary amides is 1. The van der Waals surface area contributed by atoms with E-state index in [0.29, 0.717) is 5.92 Å². The molecule has 12 heavy (non-hydrogen) atoms. The summed E-state index contributed by atoms with van der Waals surface area (Å²) in [5.74, 6) is 1.66. The lowest BCUT2D eigenvalue weighted by atomic mass is 9.66. The minimum absolute atomic E-state index is 0.0494. The minimum Gasteiger partial charge on any atom is -0.369 e. The van der Waals surface area contributed by atoms with Gasteiger partial charge in [0.1, 0.15) is 0 Å². The Labute approximate surface area is 73.5 Å². The molecule has 1 amide bonds. The van der Waals surface area contributed by atoms with Gasteiger partial charge in [-0.05, 0) is 31.1 Å². The quantitative estimate of drug-likeness (QED) is 0.634. The minimum atomic E-state index is -0.0494. The van der Waals surface area contributed by atoms with Gasteiger partial charge < -0.3 is 5.73 Å². The summed E-state index contributed by atoms with van der Waals surface area (Å²) >= 11 is 0. The SMILES string of the molecule is NC(=O)[C@@H]1CCCC[C@@H]2CC[C@@H]21. The van der Waals surface area contributed by atoms with Crippen molar-refractivity contribution in [1.29, 1.82) is 0 Å². The summed E-state index contributed by atoms with van der Waals surface area (Å²) in [7, 11) is 0. The van der Waals surface area contributed by atoms with Crippen LogP contribution in [0.2, 0.25) is 0 Å². The van der Waals surface area contributed by atoms with Crippen LogP contribution < -0.4 is 5.73 Å². The molecule has 2 N–H and O–H groups in total. The molecule has 2 aliphatic rings. The molecule has 0 aromatic rings. The smallest absolute Gasteiger partial charge is 0.220 e. The van der Waals surface area contributed by atoms with Crippen LogP contribution in [-0.4, -0.2) is 5.91 Å². The first-order valence-corrected chi connectivity index (χ1v) is 5.08. The zero-order valence-corrected chi connectivity index (χ0v) is 7.46. The van der Waals surface area contributed by atoms with Gasteiger partial charge in [0.05, 0.1) is 0 Å². The Kier molecular flexibility index (Phi) is 2.07. The summed E-state index contributed by atoms with van der Waals surface area (Å²) in [4.78, 5) is 11.1. The highest BCUT2D eigenvalue weighted by atomic mass is 16.1. The van der Waals surface area contributed by atoms with Crippen LogP contribution in [0.5, 0.6) is 0 Å². The molecule has 0 spiro atoms. The third-order valence-electron chi connectivity index (χ3n) is 3.70. The monoisotopic (exact) mass is 167 g/mol. The normalized spacial score (nSPS) is 40.8. The molecule has 2 saturated carbocycles. The lowest BCUT2D eigenvalue weighted by molar-refractivity contribution is -0.125. The topological polar surface area (TPSA) is 43.1 Å². The standard InChI is InChI=1S/C10H17NO/c11-10(12)9-4-2-1-3-7-5-6-8(7)9/h7-9H,1-6H2,(H2,11,12)/t7-,8+,9-/m1/s1. The third-order valence-corrected chi connectivity index (χ3v) is 3.70. The van der Waals surface area contributed by atoms with Crippen molar-refractivity contribution in [1.82, 2.24) is 0 Å². The first-order chi connectivity index (χ1) is 5.79. The van der Waals surface area contributed by atoms with E-state index in [-0.39, 0.29) is 11.8 Å². The van der Waals surface area contributed by atoms with Gasteiger partial charge in [-0.15, -0.1) is 0 Å². The van der Waals surface area contributed by atoms with Crippen LogP contribution in [0.25, 0.3) is 0 Å². The van der Waals surface area contributed by atoms with Crippen LogP contribution in [0.15, 0.2) is 0 Å². The number of nitrogens with two attached hydrogens (primary N) is 1. The molecule has 3 atom stereocenters. The van der Waals surface area contributed by atoms with E-state index in [0.717, 1.165) is 12.3 Å². The molecule has 2 rings (SSSR count). The Morgan fingerprint density at radius 3 is 2.42 bits per heavy atom. The lowest BCUT2D eigenvalue weighted by Crippen LogP contribution is -2.38. The van der Waals surface area contributed by atoms with E-state index in [1.165, 1.54) is 32.1 Å². The molecular formula is C10H17NO. The van der Waals surface area contributed by atoms with Gasteiger partial charge in [0.15, 0.2) is 0 Å². The molecule has 0 saturated heterocycles. The summed E-state index contributed by atoms with van der Waals surface area (Å²) in [6, 6.07) is 0. The van der Waals surface area contributed by atoms with E-state index in [4.69, 9.17) is 5.73 Å². The Morgan fingerprint density at radius 1 is 1.08 bits per heavy atom. The molecule has 2 heteroatoms. The number of hydrogen-bond acceptors (Lipinski definition) is 1. The van der Waals surface area contributed by atoms with E-state index in [2.05, 4.69) is 0 Å². The van der Waals surface area contributed by atoms with Gasteiger partial charge in [0.2, 0.25) is 5.91 Å². The lowest BCUT2D eigenvalue weighted by Gasteiger charge is -2.39. The van der Waals surface area contributed by atoms with Crippen LogP contribution in [0.1, 0.15) is 38.5 Å². The van der Waals surface area contributed by atoms with E-state index in [9.17, 15) is 4.79 Å². The molecule has 2 fully saturated rings. The van der Waals surface area contributed by atoms with Gasteiger partial charge in [0.25, 0.3) is 0 Å². The zero-order chi connectivity index (χ0) is 8.55. The second kappa shape index (κ2) is 3.08. The largest absolute Gasteiger partial charge is 0.369 e. The number of rotatable bonds is 1. The fraction of sp³-hybridized carbons (Fsp3) is 0.900. The average Bonchev–Trinajstić information content (AvgIpc) is 2.10. The van der Waals surface area contributed by atoms with Crippen molar-refractivity contribution < 1.29 is 4.79 Å². The number of hydrogen-bond donors (Lipinski definition) is 1. The Bertz CT molecular complexity index is 190. The molecule has 0 aliphatic heterocycles. The van der Waals surface area contributed by atoms with Crippen molar-refractivity contribution >= 4 is 5.91 Å². The van der Waals surface area contributed by atoms with Crippen LogP contribution in [0.3, 0.4) is 0 Å². The summed E-state index contributed by atoms with van der Waals surface area (Å²) in [5.41, 5.74) is 5.38. The van der Waals surface area contributed by atoms with E-state index >= 15 is 0 Å². The summed E-state index contributed by atoms with van der Waals surface area (Å²) in [5, 5.41) is 0. The van der Waals surface area contributed by atoms with Crippen molar-refractivity contribution in [3.8, 4) is 0 Å². The Hall–Kier alpha value is -0.530. The number of amides is 1. The van der Waals surface area contributed by atoms with Gasteiger partial charge in [-0.2, -0.15) is 0 Å². The van der Waals surface area contributed by atoms with Crippen LogP contribution >= 0.6 is 0 Å². The van der Waals surface area contributed by atoms with Crippen LogP contribution in [0.4, 0.5) is 0 Å². The van der Waals surface area contributed by atoms with Gasteiger partial charge in [-0.25, -0.2) is 0 Å². The second-order valence-corrected chi connectivity index (χ2v) is 4.29. The molecule has 2 nitrogen and oxygen atoms in total. The molecule has 0 radical (unpaired) electrons. The Morgan fingerprint density at radius 2 is 1.83 bits per heavy atom. The van der Waals surface area contributed by atoms with E-state index in [1.54, 1.807) is 0 Å².